The van der Waals surface area contributed by atoms with Gasteiger partial charge < -0.3 is 39.9 Å². The Morgan fingerprint density at radius 2 is 1.37 bits per heavy atom. The van der Waals surface area contributed by atoms with Crippen LogP contribution < -0.4 is 15.5 Å². The highest BCUT2D eigenvalue weighted by Gasteiger charge is 2.37. The average molecular weight is 855 g/mol. The number of amides is 3. The summed E-state index contributed by atoms with van der Waals surface area (Å²) in [5, 5.41) is 5.81. The SMILES string of the molecule is COC(=O)N[C@H]1CCCCCOCC[C@@H](c2ncc(-c3ccc([C@H]4CC[C@H](c5ccc(-c6cnc([C@@H]7CCCN7C(=O)[C@@H](C)C(C)C)[nH]6)cc5)N4c4ccccc4)cc3)[nH]2)NC1=O. The molecule has 3 amide bonds. The maximum Gasteiger partial charge on any atom is 0.407 e. The zero-order chi connectivity index (χ0) is 43.9. The number of carbonyl (C=O) groups excluding carboxylic acids is 3. The molecule has 0 spiro atoms. The van der Waals surface area contributed by atoms with Crippen LogP contribution in [-0.2, 0) is 19.1 Å². The molecule has 0 bridgehead atoms. The molecule has 0 saturated carbocycles. The number of para-hydroxylation sites is 1. The minimum Gasteiger partial charge on any atom is -0.453 e. The van der Waals surface area contributed by atoms with Gasteiger partial charge in [-0.05, 0) is 85.3 Å². The smallest absolute Gasteiger partial charge is 0.407 e. The van der Waals surface area contributed by atoms with E-state index in [-0.39, 0.29) is 35.9 Å². The third-order valence-corrected chi connectivity index (χ3v) is 13.4. The van der Waals surface area contributed by atoms with Crippen molar-refractivity contribution in [2.75, 3.05) is 31.8 Å². The number of likely N-dealkylation sites (tertiary alicyclic amines) is 1. The quantitative estimate of drug-likeness (QED) is 0.108. The second-order valence-electron chi connectivity index (χ2n) is 17.7. The van der Waals surface area contributed by atoms with Crippen molar-refractivity contribution in [3.8, 4) is 22.5 Å². The van der Waals surface area contributed by atoms with Crippen LogP contribution in [0.4, 0.5) is 10.5 Å². The van der Waals surface area contributed by atoms with Gasteiger partial charge in [0.25, 0.3) is 0 Å². The summed E-state index contributed by atoms with van der Waals surface area (Å²) in [6.45, 7) is 8.15. The third kappa shape index (κ3) is 9.99. The zero-order valence-corrected chi connectivity index (χ0v) is 37.0. The summed E-state index contributed by atoms with van der Waals surface area (Å²) in [4.78, 5) is 60.0. The number of H-pyrrole nitrogens is 2. The number of hydrogen-bond donors (Lipinski definition) is 4. The van der Waals surface area contributed by atoms with Gasteiger partial charge in [-0.15, -0.1) is 0 Å². The number of methoxy groups -OCH3 is 1. The first-order chi connectivity index (χ1) is 30.7. The van der Waals surface area contributed by atoms with Crippen molar-refractivity contribution in [1.82, 2.24) is 35.5 Å². The molecule has 13 heteroatoms. The van der Waals surface area contributed by atoms with E-state index in [1.807, 2.05) is 24.2 Å². The summed E-state index contributed by atoms with van der Waals surface area (Å²) in [5.74, 6) is 1.73. The Kier molecular flexibility index (Phi) is 13.9. The van der Waals surface area contributed by atoms with E-state index in [4.69, 9.17) is 19.4 Å². The van der Waals surface area contributed by atoms with Crippen LogP contribution in [0.3, 0.4) is 0 Å². The number of nitrogens with zero attached hydrogens (tertiary/aromatic N) is 4. The normalized spacial score (nSPS) is 22.9. The van der Waals surface area contributed by atoms with E-state index in [1.54, 1.807) is 0 Å². The van der Waals surface area contributed by atoms with Gasteiger partial charge in [0.05, 0.1) is 55.1 Å². The van der Waals surface area contributed by atoms with Gasteiger partial charge in [0.2, 0.25) is 11.8 Å². The van der Waals surface area contributed by atoms with E-state index in [1.165, 1.54) is 23.9 Å². The predicted octanol–water partition coefficient (Wildman–Crippen LogP) is 9.37. The molecule has 63 heavy (non-hydrogen) atoms. The van der Waals surface area contributed by atoms with Gasteiger partial charge >= 0.3 is 6.09 Å². The first kappa shape index (κ1) is 43.7. The highest BCUT2D eigenvalue weighted by atomic mass is 16.5. The summed E-state index contributed by atoms with van der Waals surface area (Å²) in [6.07, 6.45) is 10.6. The molecule has 3 fully saturated rings. The molecule has 0 aliphatic carbocycles. The summed E-state index contributed by atoms with van der Waals surface area (Å²) in [5.41, 5.74) is 7.57. The molecule has 13 nitrogen and oxygen atoms in total. The van der Waals surface area contributed by atoms with E-state index in [2.05, 4.69) is 118 Å². The van der Waals surface area contributed by atoms with Crippen molar-refractivity contribution in [3.05, 3.63) is 114 Å². The lowest BCUT2D eigenvalue weighted by molar-refractivity contribution is -0.137. The Morgan fingerprint density at radius 1 is 0.730 bits per heavy atom. The number of rotatable bonds is 10. The summed E-state index contributed by atoms with van der Waals surface area (Å²) < 4.78 is 10.7. The first-order valence-corrected chi connectivity index (χ1v) is 22.9. The zero-order valence-electron chi connectivity index (χ0n) is 37.0. The number of hydrogen-bond acceptors (Lipinski definition) is 8. The molecule has 0 unspecified atom stereocenters. The van der Waals surface area contributed by atoms with Crippen LogP contribution >= 0.6 is 0 Å². The topological polar surface area (TPSA) is 158 Å². The predicted molar refractivity (Wildman–Crippen MR) is 243 cm³/mol. The van der Waals surface area contributed by atoms with Crippen molar-refractivity contribution in [2.24, 2.45) is 11.8 Å². The van der Waals surface area contributed by atoms with Crippen LogP contribution in [0.2, 0.25) is 0 Å². The Bertz CT molecular complexity index is 2290. The molecule has 3 aliphatic rings. The average Bonchev–Trinajstić information content (AvgIpc) is 4.16. The standard InChI is InChI=1S/C50H62N8O5/c1-32(2)33(3)49(60)57-27-11-15-45(57)47-52-31-42(54-47)35-18-22-37(23-19-35)44-25-24-43(58(44)38-12-7-5-8-13-38)36-20-16-34(17-21-36)41-30-51-46(53-41)39-26-29-63-28-10-6-9-14-40(48(59)55-39)56-50(61)62-4/h5,7-8,12-13,16-23,30-33,39-40,43-45H,6,9-11,14-15,24-29H2,1-4H3,(H,51,53)(H,52,54)(H,55,59)(H,56,61)/t33-,39-,40-,43+,44+,45-/m0/s1. The van der Waals surface area contributed by atoms with Crippen molar-refractivity contribution in [2.45, 2.75) is 109 Å². The first-order valence-electron chi connectivity index (χ1n) is 22.9. The molecule has 3 aliphatic heterocycles. The van der Waals surface area contributed by atoms with E-state index in [0.717, 1.165) is 79.8 Å². The number of carbonyl (C=O) groups is 3. The molecule has 5 aromatic rings. The number of aromatic nitrogens is 4. The van der Waals surface area contributed by atoms with Gasteiger partial charge in [-0.3, -0.25) is 9.59 Å². The molecule has 332 valence electrons. The maximum atomic E-state index is 13.4. The van der Waals surface area contributed by atoms with E-state index >= 15 is 0 Å². The van der Waals surface area contributed by atoms with Crippen LogP contribution in [0, 0.1) is 11.8 Å². The number of alkyl carbamates (subject to hydrolysis) is 1. The van der Waals surface area contributed by atoms with E-state index < -0.39 is 18.2 Å². The van der Waals surface area contributed by atoms with Gasteiger partial charge in [-0.25, -0.2) is 14.8 Å². The second kappa shape index (κ2) is 20.0. The van der Waals surface area contributed by atoms with E-state index in [9.17, 15) is 14.4 Å². The number of anilines is 1. The molecule has 6 atom stereocenters. The molecule has 5 heterocycles. The lowest BCUT2D eigenvalue weighted by atomic mass is 9.96. The maximum absolute atomic E-state index is 13.4. The Labute approximate surface area is 370 Å². The lowest BCUT2D eigenvalue weighted by Gasteiger charge is -2.33. The largest absolute Gasteiger partial charge is 0.453 e. The number of ether oxygens (including phenoxy) is 2. The van der Waals surface area contributed by atoms with Crippen LogP contribution in [-0.4, -0.2) is 75.7 Å². The summed E-state index contributed by atoms with van der Waals surface area (Å²) >= 11 is 0. The van der Waals surface area contributed by atoms with Gasteiger partial charge in [-0.1, -0.05) is 100 Å². The van der Waals surface area contributed by atoms with Gasteiger partial charge in [-0.2, -0.15) is 0 Å². The summed E-state index contributed by atoms with van der Waals surface area (Å²) in [6, 6.07) is 27.5. The van der Waals surface area contributed by atoms with Crippen LogP contribution in [0.25, 0.3) is 22.5 Å². The fraction of sp³-hybridized carbons (Fsp3) is 0.460. The number of aromatic amines is 2. The Balaban J connectivity index is 0.970. The summed E-state index contributed by atoms with van der Waals surface area (Å²) in [7, 11) is 1.30. The van der Waals surface area contributed by atoms with Crippen LogP contribution in [0.15, 0.2) is 91.3 Å². The minimum atomic E-state index is -0.700. The molecule has 2 aromatic heterocycles. The van der Waals surface area contributed by atoms with E-state index in [0.29, 0.717) is 37.8 Å². The minimum absolute atomic E-state index is 0.0141. The van der Waals surface area contributed by atoms with Crippen molar-refractivity contribution < 1.29 is 23.9 Å². The lowest BCUT2D eigenvalue weighted by Crippen LogP contribution is -2.48. The molecule has 0 radical (unpaired) electrons. The van der Waals surface area contributed by atoms with Crippen molar-refractivity contribution >= 4 is 23.6 Å². The Morgan fingerprint density at radius 3 is 2.00 bits per heavy atom. The highest BCUT2D eigenvalue weighted by Crippen LogP contribution is 2.47. The molecular formula is C50H62N8O5. The van der Waals surface area contributed by atoms with Crippen molar-refractivity contribution in [3.63, 3.8) is 0 Å². The fourth-order valence-electron chi connectivity index (χ4n) is 9.42. The molecular weight excluding hydrogens is 793 g/mol. The van der Waals surface area contributed by atoms with Crippen LogP contribution in [0.5, 0.6) is 0 Å². The van der Waals surface area contributed by atoms with Crippen molar-refractivity contribution in [1.29, 1.82) is 0 Å². The molecule has 8 rings (SSSR count). The van der Waals surface area contributed by atoms with Crippen LogP contribution in [0.1, 0.15) is 126 Å². The number of benzene rings is 3. The third-order valence-electron chi connectivity index (χ3n) is 13.4. The number of nitrogens with one attached hydrogen (secondary N) is 4. The van der Waals surface area contributed by atoms with Gasteiger partial charge in [0, 0.05) is 31.4 Å². The van der Waals surface area contributed by atoms with Gasteiger partial charge in [0.15, 0.2) is 0 Å². The molecule has 3 aromatic carbocycles. The monoisotopic (exact) mass is 854 g/mol. The molecule has 4 N–H and O–H groups in total. The van der Waals surface area contributed by atoms with Gasteiger partial charge in [0.1, 0.15) is 17.7 Å². The fourth-order valence-corrected chi connectivity index (χ4v) is 9.42. The second-order valence-corrected chi connectivity index (χ2v) is 17.7. The Hall–Kier alpha value is -5.95. The highest BCUT2D eigenvalue weighted by molar-refractivity contribution is 5.86. The molecule has 3 saturated heterocycles. The number of imidazole rings is 2.